The predicted molar refractivity (Wildman–Crippen MR) is 292 cm³/mol. The summed E-state index contributed by atoms with van der Waals surface area (Å²) in [4.78, 5) is 27.0. The maximum absolute atomic E-state index is 13.6. The highest BCUT2D eigenvalue weighted by atomic mass is 32.3. The molecule has 2 heterocycles. The topological polar surface area (TPSA) is 245 Å². The van der Waals surface area contributed by atoms with E-state index in [-0.39, 0.29) is 12.3 Å². The lowest BCUT2D eigenvalue weighted by Gasteiger charge is -2.46. The van der Waals surface area contributed by atoms with Crippen LogP contribution in [-0.4, -0.2) is 125 Å². The van der Waals surface area contributed by atoms with Crippen LogP contribution in [0.5, 0.6) is 0 Å². The molecule has 16 nitrogen and oxygen atoms in total. The van der Waals surface area contributed by atoms with Gasteiger partial charge in [0.15, 0.2) is 24.6 Å². The van der Waals surface area contributed by atoms with Gasteiger partial charge in [-0.25, -0.2) is 8.98 Å². The van der Waals surface area contributed by atoms with E-state index in [9.17, 15) is 48.1 Å². The van der Waals surface area contributed by atoms with E-state index in [0.29, 0.717) is 24.2 Å². The molecular weight excluding hydrogens is 985 g/mol. The molecule has 2 rings (SSSR count). The molecule has 0 aliphatic carbocycles. The van der Waals surface area contributed by atoms with Crippen molar-refractivity contribution in [2.75, 3.05) is 13.2 Å². The zero-order chi connectivity index (χ0) is 55.4. The fourth-order valence-corrected chi connectivity index (χ4v) is 11.4. The van der Waals surface area contributed by atoms with E-state index < -0.39 is 97.0 Å². The van der Waals surface area contributed by atoms with E-state index in [1.807, 2.05) is 6.92 Å². The summed E-state index contributed by atoms with van der Waals surface area (Å²) < 4.78 is 66.6. The summed E-state index contributed by atoms with van der Waals surface area (Å²) in [6.07, 6.45) is 22.1. The number of aliphatic hydroxyl groups excluding tert-OH is 5. The fraction of sp³-hybridized carbons (Fsp3) is 0.931. The number of carbonyl (C=O) groups is 2. The van der Waals surface area contributed by atoms with Crippen LogP contribution in [0.4, 0.5) is 0 Å². The van der Waals surface area contributed by atoms with E-state index in [1.165, 1.54) is 154 Å². The molecule has 2 aliphatic rings. The third kappa shape index (κ3) is 31.0. The predicted octanol–water partition coefficient (Wildman–Crippen LogP) is 11.2. The van der Waals surface area contributed by atoms with Crippen molar-refractivity contribution in [2.45, 2.75) is 308 Å². The maximum atomic E-state index is 13.6. The quantitative estimate of drug-likeness (QED) is 0.0144. The number of hydrogen-bond acceptors (Lipinski definition) is 15. The number of unbranched alkanes of at least 4 members (excludes halogenated alkanes) is 25. The number of carbonyl (C=O) groups excluding carboxylic acids is 2. The third-order valence-corrected chi connectivity index (χ3v) is 15.6. The van der Waals surface area contributed by atoms with Crippen LogP contribution < -0.4 is 0 Å². The summed E-state index contributed by atoms with van der Waals surface area (Å²) in [6, 6.07) is 0. The molecule has 0 amide bonds. The van der Waals surface area contributed by atoms with Crippen molar-refractivity contribution >= 4 is 22.3 Å². The van der Waals surface area contributed by atoms with Crippen molar-refractivity contribution in [3.63, 3.8) is 0 Å². The van der Waals surface area contributed by atoms with E-state index in [2.05, 4.69) is 38.8 Å². The second-order valence-corrected chi connectivity index (χ2v) is 23.7. The molecule has 0 aromatic carbocycles. The van der Waals surface area contributed by atoms with Gasteiger partial charge in [-0.3, -0.25) is 9.35 Å². The lowest BCUT2D eigenvalue weighted by Crippen LogP contribution is -2.65. The summed E-state index contributed by atoms with van der Waals surface area (Å²) in [5.74, 6) is -0.0799. The Morgan fingerprint density at radius 3 is 1.40 bits per heavy atom. The number of ether oxygens (including phenoxy) is 5. The minimum absolute atomic E-state index is 0.0213. The van der Waals surface area contributed by atoms with Crippen LogP contribution in [0, 0.1) is 23.7 Å². The van der Waals surface area contributed by atoms with Gasteiger partial charge in [0.2, 0.25) is 6.29 Å². The highest BCUT2D eigenvalue weighted by Crippen LogP contribution is 2.33. The monoisotopic (exact) mass is 1090 g/mol. The largest absolute Gasteiger partial charge is 0.453 e. The Morgan fingerprint density at radius 2 is 0.933 bits per heavy atom. The first-order valence-electron chi connectivity index (χ1n) is 29.9. The normalized spacial score (nSPS) is 26.0. The van der Waals surface area contributed by atoms with Crippen molar-refractivity contribution in [1.82, 2.24) is 0 Å². The molecule has 2 saturated heterocycles. The van der Waals surface area contributed by atoms with E-state index in [1.54, 1.807) is 6.08 Å². The number of allylic oxidation sites excluding steroid dienone is 1. The lowest BCUT2D eigenvalue weighted by atomic mass is 9.84. The summed E-state index contributed by atoms with van der Waals surface area (Å²) in [5, 5.41) is 52.8. The molecule has 14 atom stereocenters. The molecule has 75 heavy (non-hydrogen) atoms. The molecule has 442 valence electrons. The molecular formula is C58H108O16S. The average Bonchev–Trinajstić information content (AvgIpc) is 3.35. The Hall–Kier alpha value is -1.77. The van der Waals surface area contributed by atoms with Crippen LogP contribution in [0.1, 0.15) is 247 Å². The van der Waals surface area contributed by atoms with Crippen LogP contribution >= 0.6 is 0 Å². The van der Waals surface area contributed by atoms with Gasteiger partial charge in [-0.2, -0.15) is 8.42 Å². The van der Waals surface area contributed by atoms with E-state index >= 15 is 0 Å². The van der Waals surface area contributed by atoms with Gasteiger partial charge < -0.3 is 49.2 Å². The zero-order valence-electron chi connectivity index (χ0n) is 47.5. The van der Waals surface area contributed by atoms with Crippen LogP contribution in [-0.2, 0) is 47.9 Å². The minimum Gasteiger partial charge on any atom is -0.453 e. The molecule has 0 radical (unpaired) electrons. The second-order valence-electron chi connectivity index (χ2n) is 22.6. The molecule has 0 aromatic rings. The van der Waals surface area contributed by atoms with Gasteiger partial charge in [-0.1, -0.05) is 221 Å². The van der Waals surface area contributed by atoms with Crippen LogP contribution in [0.15, 0.2) is 12.2 Å². The van der Waals surface area contributed by atoms with Crippen molar-refractivity contribution in [3.8, 4) is 0 Å². The van der Waals surface area contributed by atoms with Gasteiger partial charge in [-0.05, 0) is 49.4 Å². The first-order valence-corrected chi connectivity index (χ1v) is 31.3. The smallest absolute Gasteiger partial charge is 0.397 e. The first-order chi connectivity index (χ1) is 35.9. The summed E-state index contributed by atoms with van der Waals surface area (Å²) in [7, 11) is -5.31. The first kappa shape index (κ1) is 69.3. The van der Waals surface area contributed by atoms with E-state index in [4.69, 9.17) is 23.7 Å². The van der Waals surface area contributed by atoms with Crippen molar-refractivity contribution in [3.05, 3.63) is 12.2 Å². The van der Waals surface area contributed by atoms with Gasteiger partial charge in [0.05, 0.1) is 13.2 Å². The Morgan fingerprint density at radius 1 is 0.520 bits per heavy atom. The SMILES string of the molecule is CCCCCCCCCCCCCCCC[C@H](C)C[C@H](C)C[C@H](C)C[C@H](C)/C=C/C(=O)O[C@H]1[C@H](O)[C@@H](CO)O[C@H](O[C@H]2O[C@H](CO)[C@@H](O)[C@H](O)[C@H]2OS(=O)(=O)O)[C@@H]1OC(=O)CCCCCCCCCCCCCCC. The van der Waals surface area contributed by atoms with E-state index in [0.717, 1.165) is 44.9 Å². The molecule has 0 aromatic heterocycles. The Bertz CT molecular complexity index is 1580. The van der Waals surface area contributed by atoms with Gasteiger partial charge in [0.1, 0.15) is 30.5 Å². The van der Waals surface area contributed by atoms with Gasteiger partial charge in [0.25, 0.3) is 0 Å². The van der Waals surface area contributed by atoms with Crippen LogP contribution in [0.3, 0.4) is 0 Å². The Kier molecular flexibility index (Phi) is 38.2. The fourth-order valence-electron chi connectivity index (χ4n) is 11.0. The zero-order valence-corrected chi connectivity index (χ0v) is 48.3. The maximum Gasteiger partial charge on any atom is 0.397 e. The van der Waals surface area contributed by atoms with Gasteiger partial charge in [-0.15, -0.1) is 0 Å². The lowest BCUT2D eigenvalue weighted by molar-refractivity contribution is -0.374. The number of aliphatic hydroxyl groups is 5. The molecule has 0 bridgehead atoms. The van der Waals surface area contributed by atoms with Gasteiger partial charge in [0, 0.05) is 12.5 Å². The standard InChI is InChI=1S/C58H108O16S/c1-7-9-11-13-15-17-19-21-23-24-26-28-30-32-34-43(3)38-45(5)40-46(6)39-44(4)36-37-50(62)71-54-52(64)48(42-60)70-58(73-57-55(74-75(66,67)68)53(65)51(63)47(41-59)69-57)56(54)72-49(61)35-33-31-29-27-25-22-20-18-16-14-12-10-8-2/h36-37,43-48,51-60,63-65H,7-35,38-42H2,1-6H3,(H,66,67,68)/b37-36+/t43-,44+,45-,46+,47+,48+,51+,52+,53-,54-,55+,56+,57+,58+/m0/s1. The number of esters is 2. The molecule has 0 spiro atoms. The Balaban J connectivity index is 2.00. The average molecular weight is 1090 g/mol. The molecule has 6 N–H and O–H groups in total. The molecule has 0 unspecified atom stereocenters. The third-order valence-electron chi connectivity index (χ3n) is 15.1. The number of rotatable bonds is 45. The van der Waals surface area contributed by atoms with Crippen molar-refractivity contribution in [2.24, 2.45) is 23.7 Å². The summed E-state index contributed by atoms with van der Waals surface area (Å²) in [5.41, 5.74) is 0. The summed E-state index contributed by atoms with van der Waals surface area (Å²) in [6.45, 7) is 11.7. The summed E-state index contributed by atoms with van der Waals surface area (Å²) >= 11 is 0. The van der Waals surface area contributed by atoms with Crippen LogP contribution in [0.2, 0.25) is 0 Å². The van der Waals surface area contributed by atoms with Crippen molar-refractivity contribution < 1.29 is 76.0 Å². The van der Waals surface area contributed by atoms with Gasteiger partial charge >= 0.3 is 22.3 Å². The highest BCUT2D eigenvalue weighted by molar-refractivity contribution is 7.80. The molecule has 2 aliphatic heterocycles. The van der Waals surface area contributed by atoms with Crippen LogP contribution in [0.25, 0.3) is 0 Å². The molecule has 17 heteroatoms. The Labute approximate surface area is 454 Å². The number of hydrogen-bond donors (Lipinski definition) is 6. The molecule has 0 saturated carbocycles. The minimum atomic E-state index is -5.31. The van der Waals surface area contributed by atoms with Crippen molar-refractivity contribution in [1.29, 1.82) is 0 Å². The second kappa shape index (κ2) is 41.3. The molecule has 2 fully saturated rings. The highest BCUT2D eigenvalue weighted by Gasteiger charge is 2.54.